The molecule has 1 aromatic rings. The zero-order chi connectivity index (χ0) is 18.9. The number of hydrogen-bond donors (Lipinski definition) is 1. The predicted octanol–water partition coefficient (Wildman–Crippen LogP) is -0.586. The van der Waals surface area contributed by atoms with E-state index in [4.69, 9.17) is 9.47 Å². The average Bonchev–Trinajstić information content (AvgIpc) is 2.65. The Balaban J connectivity index is 1.76. The second-order valence-electron chi connectivity index (χ2n) is 5.73. The third kappa shape index (κ3) is 5.41. The Morgan fingerprint density at radius 1 is 1.19 bits per heavy atom. The molecule has 0 bridgehead atoms. The molecule has 1 aliphatic rings. The number of piperazine rings is 1. The summed E-state index contributed by atoms with van der Waals surface area (Å²) in [6, 6.07) is 3.51. The number of pyridine rings is 1. The monoisotopic (exact) mass is 364 g/mol. The number of methoxy groups -OCH3 is 1. The maximum absolute atomic E-state index is 12.0. The molecule has 2 rings (SSSR count). The van der Waals surface area contributed by atoms with E-state index < -0.39 is 11.8 Å². The molecule has 0 unspecified atom stereocenters. The van der Waals surface area contributed by atoms with Crippen LogP contribution in [0.5, 0.6) is 5.88 Å². The summed E-state index contributed by atoms with van der Waals surface area (Å²) in [7, 11) is 1.59. The molecule has 0 spiro atoms. The third-order valence-electron chi connectivity index (χ3n) is 3.94. The van der Waals surface area contributed by atoms with Gasteiger partial charge in [-0.15, -0.1) is 0 Å². The molecule has 0 radical (unpaired) electrons. The first-order valence-corrected chi connectivity index (χ1v) is 8.46. The molecular formula is C17H24N4O5. The van der Waals surface area contributed by atoms with Crippen molar-refractivity contribution in [2.75, 3.05) is 46.5 Å². The predicted molar refractivity (Wildman–Crippen MR) is 92.3 cm³/mol. The topological polar surface area (TPSA) is 101 Å². The van der Waals surface area contributed by atoms with Crippen LogP contribution in [0.25, 0.3) is 0 Å². The van der Waals surface area contributed by atoms with Crippen molar-refractivity contribution in [2.45, 2.75) is 13.5 Å². The smallest absolute Gasteiger partial charge is 0.312 e. The molecule has 0 aromatic carbocycles. The molecule has 0 atom stereocenters. The van der Waals surface area contributed by atoms with Crippen LogP contribution in [0.15, 0.2) is 18.3 Å². The lowest BCUT2D eigenvalue weighted by Gasteiger charge is -2.32. The lowest BCUT2D eigenvalue weighted by molar-refractivity contribution is -0.156. The highest BCUT2D eigenvalue weighted by molar-refractivity contribution is 6.35. The van der Waals surface area contributed by atoms with Crippen molar-refractivity contribution in [3.05, 3.63) is 23.9 Å². The summed E-state index contributed by atoms with van der Waals surface area (Å²) in [5.41, 5.74) is 0.802. The molecule has 9 nitrogen and oxygen atoms in total. The molecule has 1 aliphatic heterocycles. The highest BCUT2D eigenvalue weighted by Crippen LogP contribution is 2.08. The van der Waals surface area contributed by atoms with Gasteiger partial charge in [-0.1, -0.05) is 6.07 Å². The van der Waals surface area contributed by atoms with Crippen LogP contribution in [-0.4, -0.2) is 79.0 Å². The molecule has 9 heteroatoms. The number of likely N-dealkylation sites (N-methyl/N-ethyl adjacent to an activating group) is 1. The third-order valence-corrected chi connectivity index (χ3v) is 3.94. The fraction of sp³-hybridized carbons (Fsp3) is 0.529. The number of rotatable bonds is 9. The summed E-state index contributed by atoms with van der Waals surface area (Å²) in [4.78, 5) is 42.7. The Labute approximate surface area is 152 Å². The van der Waals surface area contributed by atoms with Crippen LogP contribution >= 0.6 is 0 Å². The molecule has 0 saturated carbocycles. The fourth-order valence-corrected chi connectivity index (χ4v) is 2.43. The van der Waals surface area contributed by atoms with E-state index in [9.17, 15) is 14.4 Å². The Bertz CT molecular complexity index is 635. The molecule has 26 heavy (non-hydrogen) atoms. The number of ether oxygens (including phenoxy) is 2. The molecular weight excluding hydrogens is 340 g/mol. The Hall–Kier alpha value is -2.68. The molecule has 1 fully saturated rings. The van der Waals surface area contributed by atoms with Gasteiger partial charge in [-0.25, -0.2) is 4.98 Å². The molecule has 1 saturated heterocycles. The van der Waals surface area contributed by atoms with Crippen molar-refractivity contribution in [3.63, 3.8) is 0 Å². The lowest BCUT2D eigenvalue weighted by Crippen LogP contribution is -2.56. The van der Waals surface area contributed by atoms with E-state index in [2.05, 4.69) is 10.3 Å². The molecule has 0 aliphatic carbocycles. The summed E-state index contributed by atoms with van der Waals surface area (Å²) < 4.78 is 10.3. The molecule has 2 heterocycles. The maximum Gasteiger partial charge on any atom is 0.312 e. The van der Waals surface area contributed by atoms with Crippen molar-refractivity contribution in [2.24, 2.45) is 0 Å². The SMILES string of the molecule is CCN1CCN(CC(=O)NCc2ccc(OCCOC)nc2)C(=O)C1=O. The van der Waals surface area contributed by atoms with E-state index in [1.165, 1.54) is 9.80 Å². The normalized spacial score (nSPS) is 14.5. The standard InChI is InChI=1S/C17H24N4O5/c1-3-20-6-7-21(17(24)16(20)23)12-14(22)18-10-13-4-5-15(19-11-13)26-9-8-25-2/h4-5,11H,3,6-10,12H2,1-2H3,(H,18,22). The van der Waals surface area contributed by atoms with E-state index in [1.807, 2.05) is 6.92 Å². The second-order valence-corrected chi connectivity index (χ2v) is 5.73. The maximum atomic E-state index is 12.0. The van der Waals surface area contributed by atoms with Crippen LogP contribution in [0, 0.1) is 0 Å². The number of nitrogens with zero attached hydrogens (tertiary/aromatic N) is 3. The number of carbonyl (C=O) groups is 3. The Morgan fingerprint density at radius 2 is 1.92 bits per heavy atom. The van der Waals surface area contributed by atoms with Gasteiger partial charge in [0.15, 0.2) is 0 Å². The zero-order valence-corrected chi connectivity index (χ0v) is 15.1. The highest BCUT2D eigenvalue weighted by Gasteiger charge is 2.32. The van der Waals surface area contributed by atoms with Gasteiger partial charge in [0.2, 0.25) is 11.8 Å². The van der Waals surface area contributed by atoms with Gasteiger partial charge in [-0.3, -0.25) is 14.4 Å². The quantitative estimate of drug-likeness (QED) is 0.464. The van der Waals surface area contributed by atoms with Crippen LogP contribution in [-0.2, 0) is 25.7 Å². The number of carbonyl (C=O) groups excluding carboxylic acids is 3. The summed E-state index contributed by atoms with van der Waals surface area (Å²) in [6.07, 6.45) is 1.61. The minimum absolute atomic E-state index is 0.131. The summed E-state index contributed by atoms with van der Waals surface area (Å²) in [6.45, 7) is 4.15. The van der Waals surface area contributed by atoms with Gasteiger partial charge < -0.3 is 24.6 Å². The summed E-state index contributed by atoms with van der Waals surface area (Å²) in [5, 5.41) is 2.72. The first-order valence-electron chi connectivity index (χ1n) is 8.46. The van der Waals surface area contributed by atoms with Crippen molar-refractivity contribution >= 4 is 17.7 Å². The van der Waals surface area contributed by atoms with Crippen LogP contribution in [0.3, 0.4) is 0 Å². The van der Waals surface area contributed by atoms with Crippen LogP contribution in [0.1, 0.15) is 12.5 Å². The van der Waals surface area contributed by atoms with Gasteiger partial charge in [0, 0.05) is 45.6 Å². The molecule has 142 valence electrons. The Morgan fingerprint density at radius 3 is 2.58 bits per heavy atom. The Kier molecular flexibility index (Phi) is 7.34. The summed E-state index contributed by atoms with van der Waals surface area (Å²) >= 11 is 0. The van der Waals surface area contributed by atoms with Crippen molar-refractivity contribution in [1.82, 2.24) is 20.1 Å². The molecule has 1 aromatic heterocycles. The average molecular weight is 364 g/mol. The second kappa shape index (κ2) is 9.71. The number of aromatic nitrogens is 1. The summed E-state index contributed by atoms with van der Waals surface area (Å²) in [5.74, 6) is -1.03. The van der Waals surface area contributed by atoms with Crippen molar-refractivity contribution in [3.8, 4) is 5.88 Å². The van der Waals surface area contributed by atoms with Crippen molar-refractivity contribution < 1.29 is 23.9 Å². The minimum Gasteiger partial charge on any atom is -0.475 e. The first kappa shape index (κ1) is 19.6. The zero-order valence-electron chi connectivity index (χ0n) is 15.1. The number of hydrogen-bond acceptors (Lipinski definition) is 6. The van der Waals surface area contributed by atoms with Crippen LogP contribution in [0.4, 0.5) is 0 Å². The van der Waals surface area contributed by atoms with E-state index in [0.29, 0.717) is 38.7 Å². The van der Waals surface area contributed by atoms with Gasteiger partial charge in [0.25, 0.3) is 0 Å². The van der Waals surface area contributed by atoms with Crippen LogP contribution < -0.4 is 10.1 Å². The van der Waals surface area contributed by atoms with Crippen molar-refractivity contribution in [1.29, 1.82) is 0 Å². The number of nitrogens with one attached hydrogen (secondary N) is 1. The van der Waals surface area contributed by atoms with Gasteiger partial charge in [-0.2, -0.15) is 0 Å². The molecule has 1 N–H and O–H groups in total. The van der Waals surface area contributed by atoms with E-state index in [-0.39, 0.29) is 19.0 Å². The van der Waals surface area contributed by atoms with E-state index in [1.54, 1.807) is 25.4 Å². The fourth-order valence-electron chi connectivity index (χ4n) is 2.43. The van der Waals surface area contributed by atoms with E-state index >= 15 is 0 Å². The van der Waals surface area contributed by atoms with Gasteiger partial charge in [-0.05, 0) is 12.5 Å². The highest BCUT2D eigenvalue weighted by atomic mass is 16.5. The van der Waals surface area contributed by atoms with E-state index in [0.717, 1.165) is 5.56 Å². The van der Waals surface area contributed by atoms with Gasteiger partial charge in [0.1, 0.15) is 13.2 Å². The van der Waals surface area contributed by atoms with Crippen LogP contribution in [0.2, 0.25) is 0 Å². The van der Waals surface area contributed by atoms with Gasteiger partial charge >= 0.3 is 11.8 Å². The molecule has 3 amide bonds. The lowest BCUT2D eigenvalue weighted by atomic mass is 10.2. The number of amides is 3. The first-order chi connectivity index (χ1) is 12.5. The largest absolute Gasteiger partial charge is 0.475 e. The van der Waals surface area contributed by atoms with Gasteiger partial charge in [0.05, 0.1) is 6.61 Å². The minimum atomic E-state index is -0.632.